The molecule has 0 radical (unpaired) electrons. The lowest BCUT2D eigenvalue weighted by Gasteiger charge is -2.57. The van der Waals surface area contributed by atoms with E-state index in [-0.39, 0.29) is 0 Å². The van der Waals surface area contributed by atoms with Gasteiger partial charge in [-0.2, -0.15) is 0 Å². The van der Waals surface area contributed by atoms with Crippen LogP contribution in [0.1, 0.15) is 119 Å². The van der Waals surface area contributed by atoms with Crippen molar-refractivity contribution in [1.82, 2.24) is 0 Å². The SMILES string of the molecule is CC[C@H]1CCCC2(C)C(=CCC3C2CCC2(C)C3CCC2[C@H](C)CCC(C)(C)O)C1. The van der Waals surface area contributed by atoms with Crippen LogP contribution in [-0.2, 0) is 0 Å². The van der Waals surface area contributed by atoms with Gasteiger partial charge in [0.1, 0.15) is 0 Å². The molecule has 1 nitrogen and oxygen atoms in total. The number of hydrogen-bond donors (Lipinski definition) is 1. The maximum Gasteiger partial charge on any atom is 0.0591 e. The Morgan fingerprint density at radius 2 is 1.87 bits per heavy atom. The lowest BCUT2D eigenvalue weighted by Crippen LogP contribution is -2.49. The van der Waals surface area contributed by atoms with Crippen LogP contribution in [-0.4, -0.2) is 10.7 Å². The molecule has 3 fully saturated rings. The fraction of sp³-hybridized carbons (Fsp3) is 0.931. The molecule has 1 N–H and O–H groups in total. The van der Waals surface area contributed by atoms with E-state index in [0.717, 1.165) is 41.9 Å². The van der Waals surface area contributed by atoms with Crippen LogP contribution in [0.5, 0.6) is 0 Å². The summed E-state index contributed by atoms with van der Waals surface area (Å²) >= 11 is 0. The molecule has 0 bridgehead atoms. The quantitative estimate of drug-likeness (QED) is 0.450. The molecule has 0 aromatic rings. The first kappa shape index (κ1) is 22.9. The van der Waals surface area contributed by atoms with Crippen LogP contribution in [0, 0.1) is 46.3 Å². The lowest BCUT2D eigenvalue weighted by atomic mass is 9.48. The molecule has 0 aromatic carbocycles. The summed E-state index contributed by atoms with van der Waals surface area (Å²) in [5, 5.41) is 10.3. The Labute approximate surface area is 187 Å². The Balaban J connectivity index is 1.53. The van der Waals surface area contributed by atoms with Crippen LogP contribution in [0.25, 0.3) is 0 Å². The predicted molar refractivity (Wildman–Crippen MR) is 128 cm³/mol. The average Bonchev–Trinajstić information content (AvgIpc) is 2.93. The van der Waals surface area contributed by atoms with Crippen molar-refractivity contribution in [3.63, 3.8) is 0 Å². The molecular weight excluding hydrogens is 364 g/mol. The van der Waals surface area contributed by atoms with Crippen LogP contribution in [0.2, 0.25) is 0 Å². The summed E-state index contributed by atoms with van der Waals surface area (Å²) in [6.07, 6.45) is 19.2. The number of rotatable bonds is 5. The molecule has 0 heterocycles. The zero-order valence-electron chi connectivity index (χ0n) is 21.0. The van der Waals surface area contributed by atoms with E-state index in [2.05, 4.69) is 33.8 Å². The molecule has 1 heteroatoms. The minimum absolute atomic E-state index is 0.499. The molecule has 4 aliphatic rings. The van der Waals surface area contributed by atoms with E-state index in [4.69, 9.17) is 0 Å². The summed E-state index contributed by atoms with van der Waals surface area (Å²) in [5.74, 6) is 5.36. The van der Waals surface area contributed by atoms with E-state index in [1.54, 1.807) is 0 Å². The van der Waals surface area contributed by atoms with Crippen molar-refractivity contribution in [3.8, 4) is 0 Å². The first-order valence-electron chi connectivity index (χ1n) is 13.5. The van der Waals surface area contributed by atoms with Crippen molar-refractivity contribution < 1.29 is 5.11 Å². The van der Waals surface area contributed by atoms with Crippen molar-refractivity contribution in [2.75, 3.05) is 0 Å². The minimum atomic E-state index is -0.514. The molecular formula is C29H50O. The highest BCUT2D eigenvalue weighted by Gasteiger charge is 2.58. The topological polar surface area (TPSA) is 20.2 Å². The zero-order valence-corrected chi connectivity index (χ0v) is 21.0. The number of fused-ring (bicyclic) bond motifs is 5. The van der Waals surface area contributed by atoms with Crippen LogP contribution < -0.4 is 0 Å². The van der Waals surface area contributed by atoms with Gasteiger partial charge in [-0.1, -0.05) is 58.6 Å². The largest absolute Gasteiger partial charge is 0.390 e. The van der Waals surface area contributed by atoms with Gasteiger partial charge in [0.05, 0.1) is 5.60 Å². The molecule has 6 unspecified atom stereocenters. The summed E-state index contributed by atoms with van der Waals surface area (Å²) < 4.78 is 0. The average molecular weight is 415 g/mol. The van der Waals surface area contributed by atoms with E-state index in [0.29, 0.717) is 10.8 Å². The Morgan fingerprint density at radius 3 is 2.57 bits per heavy atom. The summed E-state index contributed by atoms with van der Waals surface area (Å²) in [4.78, 5) is 0. The van der Waals surface area contributed by atoms with E-state index in [1.165, 1.54) is 70.6 Å². The van der Waals surface area contributed by atoms with Gasteiger partial charge in [0, 0.05) is 0 Å². The molecule has 0 amide bonds. The molecule has 0 spiro atoms. The molecule has 4 aliphatic carbocycles. The second-order valence-corrected chi connectivity index (χ2v) is 13.2. The highest BCUT2D eigenvalue weighted by molar-refractivity contribution is 5.24. The van der Waals surface area contributed by atoms with Crippen molar-refractivity contribution in [2.24, 2.45) is 46.3 Å². The predicted octanol–water partition coefficient (Wildman–Crippen LogP) is 8.17. The number of allylic oxidation sites excluding steroid dienone is 2. The standard InChI is InChI=1S/C29H50O/c1-7-21-9-8-16-28(5)22(19-21)10-11-23-25-13-12-24(20(2)14-17-27(3,4)30)29(25,6)18-15-26(23)28/h10,20-21,23-26,30H,7-9,11-19H2,1-6H3/t20-,21+,23?,24?,25?,26?,28?,29?/m1/s1. The van der Waals surface area contributed by atoms with Gasteiger partial charge in [-0.05, 0) is 118 Å². The first-order valence-corrected chi connectivity index (χ1v) is 13.5. The molecule has 30 heavy (non-hydrogen) atoms. The fourth-order valence-corrected chi connectivity index (χ4v) is 9.10. The maximum absolute atomic E-state index is 10.3. The molecule has 4 rings (SSSR count). The summed E-state index contributed by atoms with van der Waals surface area (Å²) in [6.45, 7) is 14.2. The second-order valence-electron chi connectivity index (χ2n) is 13.2. The Morgan fingerprint density at radius 1 is 1.10 bits per heavy atom. The van der Waals surface area contributed by atoms with Crippen molar-refractivity contribution in [3.05, 3.63) is 11.6 Å². The van der Waals surface area contributed by atoms with Gasteiger partial charge in [-0.25, -0.2) is 0 Å². The first-order chi connectivity index (χ1) is 14.1. The van der Waals surface area contributed by atoms with Gasteiger partial charge in [-0.15, -0.1) is 0 Å². The zero-order chi connectivity index (χ0) is 21.7. The summed E-state index contributed by atoms with van der Waals surface area (Å²) in [6, 6.07) is 0. The summed E-state index contributed by atoms with van der Waals surface area (Å²) in [5.41, 5.74) is 2.39. The fourth-order valence-electron chi connectivity index (χ4n) is 9.10. The monoisotopic (exact) mass is 414 g/mol. The molecule has 8 atom stereocenters. The smallest absolute Gasteiger partial charge is 0.0591 e. The van der Waals surface area contributed by atoms with Crippen LogP contribution in [0.3, 0.4) is 0 Å². The van der Waals surface area contributed by atoms with Crippen LogP contribution in [0.15, 0.2) is 11.6 Å². The van der Waals surface area contributed by atoms with E-state index >= 15 is 0 Å². The third-order valence-electron chi connectivity index (χ3n) is 11.0. The third kappa shape index (κ3) is 3.95. The van der Waals surface area contributed by atoms with Crippen molar-refractivity contribution >= 4 is 0 Å². The molecule has 172 valence electrons. The summed E-state index contributed by atoms with van der Waals surface area (Å²) in [7, 11) is 0. The van der Waals surface area contributed by atoms with Gasteiger partial charge in [0.2, 0.25) is 0 Å². The van der Waals surface area contributed by atoms with Gasteiger partial charge in [-0.3, -0.25) is 0 Å². The van der Waals surface area contributed by atoms with E-state index in [9.17, 15) is 5.11 Å². The second kappa shape index (κ2) is 8.24. The Kier molecular flexibility index (Phi) is 6.28. The molecule has 0 aromatic heterocycles. The highest BCUT2D eigenvalue weighted by atomic mass is 16.3. The molecule has 0 aliphatic heterocycles. The number of hydrogen-bond acceptors (Lipinski definition) is 1. The Hall–Kier alpha value is -0.300. The normalized spacial score (nSPS) is 45.0. The highest BCUT2D eigenvalue weighted by Crippen LogP contribution is 2.67. The van der Waals surface area contributed by atoms with Gasteiger partial charge < -0.3 is 5.11 Å². The van der Waals surface area contributed by atoms with E-state index < -0.39 is 5.60 Å². The number of aliphatic hydroxyl groups is 1. The lowest BCUT2D eigenvalue weighted by molar-refractivity contribution is -0.0478. The minimum Gasteiger partial charge on any atom is -0.390 e. The molecule has 3 saturated carbocycles. The molecule has 0 saturated heterocycles. The van der Waals surface area contributed by atoms with Crippen LogP contribution >= 0.6 is 0 Å². The third-order valence-corrected chi connectivity index (χ3v) is 11.0. The van der Waals surface area contributed by atoms with Crippen LogP contribution in [0.4, 0.5) is 0 Å². The van der Waals surface area contributed by atoms with E-state index in [1.807, 2.05) is 19.4 Å². The van der Waals surface area contributed by atoms with Crippen molar-refractivity contribution in [1.29, 1.82) is 0 Å². The van der Waals surface area contributed by atoms with Crippen molar-refractivity contribution in [2.45, 2.75) is 124 Å². The maximum atomic E-state index is 10.3. The van der Waals surface area contributed by atoms with Gasteiger partial charge in [0.25, 0.3) is 0 Å². The van der Waals surface area contributed by atoms with Gasteiger partial charge in [0.15, 0.2) is 0 Å². The Bertz CT molecular complexity index is 641. The van der Waals surface area contributed by atoms with Gasteiger partial charge >= 0.3 is 0 Å².